The number of carbonyl (C=O) groups is 1. The van der Waals surface area contributed by atoms with Crippen LogP contribution in [0.3, 0.4) is 0 Å². The molecule has 0 aliphatic heterocycles. The third-order valence-electron chi connectivity index (χ3n) is 5.05. The van der Waals surface area contributed by atoms with Crippen molar-refractivity contribution in [2.24, 2.45) is 0 Å². The van der Waals surface area contributed by atoms with E-state index in [0.29, 0.717) is 12.1 Å². The van der Waals surface area contributed by atoms with Gasteiger partial charge in [-0.05, 0) is 25.0 Å². The van der Waals surface area contributed by atoms with Gasteiger partial charge in [0.2, 0.25) is 0 Å². The van der Waals surface area contributed by atoms with E-state index in [1.807, 2.05) is 0 Å². The van der Waals surface area contributed by atoms with Gasteiger partial charge < -0.3 is 4.74 Å². The Balaban J connectivity index is 3.61. The van der Waals surface area contributed by atoms with Gasteiger partial charge in [0.15, 0.2) is 0 Å². The maximum atomic E-state index is 14.3. The largest absolute Gasteiger partial charge is 0.463 e. The van der Waals surface area contributed by atoms with Crippen LogP contribution in [0.1, 0.15) is 25.0 Å². The Morgan fingerprint density at radius 1 is 0.641 bits per heavy atom. The number of rotatable bonds is 10. The summed E-state index contributed by atoms with van der Waals surface area (Å²) < 4.78 is 232. The van der Waals surface area contributed by atoms with Crippen LogP contribution < -0.4 is 0 Å². The number of benzene rings is 1. The predicted molar refractivity (Wildman–Crippen MR) is 96.4 cm³/mol. The van der Waals surface area contributed by atoms with Gasteiger partial charge in [0.25, 0.3) is 0 Å². The zero-order chi connectivity index (χ0) is 31.3. The Hall–Kier alpha value is -2.76. The molecule has 0 aromatic heterocycles. The Labute approximate surface area is 206 Å². The molecule has 2 nitrogen and oxygen atoms in total. The van der Waals surface area contributed by atoms with Gasteiger partial charge in [0, 0.05) is 11.6 Å². The highest BCUT2D eigenvalue weighted by Crippen LogP contribution is 2.65. The number of alkyl halides is 17. The first-order valence-corrected chi connectivity index (χ1v) is 9.77. The second kappa shape index (κ2) is 10.0. The summed E-state index contributed by atoms with van der Waals surface area (Å²) in [7, 11) is 0. The number of allylic oxidation sites excluding steroid dienone is 1. The molecule has 0 amide bonds. The van der Waals surface area contributed by atoms with E-state index in [9.17, 15) is 79.4 Å². The lowest BCUT2D eigenvalue weighted by atomic mass is 9.87. The smallest absolute Gasteiger partial charge is 0.460 e. The lowest BCUT2D eigenvalue weighted by Gasteiger charge is -2.42. The maximum absolute atomic E-state index is 14.3. The minimum Gasteiger partial charge on any atom is -0.463 e. The topological polar surface area (TPSA) is 26.3 Å². The average molecular weight is 608 g/mol. The molecule has 0 heterocycles. The van der Waals surface area contributed by atoms with E-state index < -0.39 is 59.2 Å². The Kier molecular flexibility index (Phi) is 8.80. The van der Waals surface area contributed by atoms with Crippen LogP contribution in [0.15, 0.2) is 30.3 Å². The predicted octanol–water partition coefficient (Wildman–Crippen LogP) is 8.12. The van der Waals surface area contributed by atoms with Gasteiger partial charge in [-0.15, -0.1) is 0 Å². The Bertz CT molecular complexity index is 1070. The van der Waals surface area contributed by atoms with Crippen LogP contribution in [0.25, 0.3) is 5.57 Å². The molecule has 0 bridgehead atoms. The molecule has 0 saturated heterocycles. The molecular weight excluding hydrogens is 595 g/mol. The van der Waals surface area contributed by atoms with Crippen LogP contribution in [0.5, 0.6) is 0 Å². The standard InChI is InChI=1S/C20H13F17O2/c1-3-39-12(38)8-9(2)10-4-6-11(7-5-10)13(21,22)14(23,24)15(25,26)16(27,28)17(29,30)18(31,32)19(33,34)20(35,36)37/h4-8H,3H2,1-2H3/b9-8+. The molecule has 0 saturated carbocycles. The molecule has 1 rings (SSSR count). The monoisotopic (exact) mass is 608 g/mol. The summed E-state index contributed by atoms with van der Waals surface area (Å²) in [5.41, 5.74) is -2.74. The number of halogens is 17. The molecule has 39 heavy (non-hydrogen) atoms. The van der Waals surface area contributed by atoms with E-state index in [2.05, 4.69) is 4.74 Å². The van der Waals surface area contributed by atoms with Crippen molar-refractivity contribution in [3.8, 4) is 0 Å². The van der Waals surface area contributed by atoms with Crippen LogP contribution >= 0.6 is 0 Å². The van der Waals surface area contributed by atoms with Crippen LogP contribution in [0, 0.1) is 0 Å². The van der Waals surface area contributed by atoms with Crippen LogP contribution in [0.2, 0.25) is 0 Å². The summed E-state index contributed by atoms with van der Waals surface area (Å²) in [6.07, 6.45) is -7.07. The van der Waals surface area contributed by atoms with Gasteiger partial charge in [0.1, 0.15) is 0 Å². The van der Waals surface area contributed by atoms with Crippen molar-refractivity contribution < 1.29 is 84.2 Å². The Morgan fingerprint density at radius 2 is 1.00 bits per heavy atom. The lowest BCUT2D eigenvalue weighted by molar-refractivity contribution is -0.462. The van der Waals surface area contributed by atoms with E-state index >= 15 is 0 Å². The highest BCUT2D eigenvalue weighted by Gasteiger charge is 2.95. The molecule has 0 fully saturated rings. The SMILES string of the molecule is CCOC(=O)/C=C(\C)c1ccc(C(F)(F)C(F)(F)C(F)(F)C(F)(F)C(F)(F)C(F)(F)C(F)(F)C(F)(F)F)cc1. The summed E-state index contributed by atoms with van der Waals surface area (Å²) in [6, 6.07) is 0.496. The van der Waals surface area contributed by atoms with E-state index in [1.165, 1.54) is 6.92 Å². The maximum Gasteiger partial charge on any atom is 0.460 e. The summed E-state index contributed by atoms with van der Waals surface area (Å²) in [4.78, 5) is 11.4. The zero-order valence-corrected chi connectivity index (χ0v) is 18.8. The number of hydrogen-bond donors (Lipinski definition) is 0. The molecule has 1 aromatic carbocycles. The fraction of sp³-hybridized carbons (Fsp3) is 0.550. The van der Waals surface area contributed by atoms with E-state index in [1.54, 1.807) is 0 Å². The summed E-state index contributed by atoms with van der Waals surface area (Å²) in [6.45, 7) is 2.38. The molecule has 0 unspecified atom stereocenters. The van der Waals surface area contributed by atoms with Gasteiger partial charge in [-0.1, -0.05) is 24.3 Å². The summed E-state index contributed by atoms with van der Waals surface area (Å²) in [5, 5.41) is 0. The minimum absolute atomic E-state index is 0.124. The molecule has 0 aliphatic rings. The second-order valence-electron chi connectivity index (χ2n) is 7.68. The quantitative estimate of drug-likeness (QED) is 0.153. The first-order valence-electron chi connectivity index (χ1n) is 9.77. The molecule has 0 atom stereocenters. The second-order valence-corrected chi connectivity index (χ2v) is 7.68. The van der Waals surface area contributed by atoms with E-state index in [4.69, 9.17) is 0 Å². The molecule has 0 N–H and O–H groups in total. The van der Waals surface area contributed by atoms with Gasteiger partial charge in [-0.25, -0.2) is 4.79 Å². The average Bonchev–Trinajstić information content (AvgIpc) is 2.77. The fourth-order valence-corrected chi connectivity index (χ4v) is 2.73. The normalized spacial score (nSPS) is 15.4. The number of carbonyl (C=O) groups excluding carboxylic acids is 1. The molecule has 0 aliphatic carbocycles. The van der Waals surface area contributed by atoms with Crippen LogP contribution in [-0.2, 0) is 15.5 Å². The van der Waals surface area contributed by atoms with Gasteiger partial charge >= 0.3 is 53.6 Å². The first kappa shape index (κ1) is 34.3. The molecule has 19 heteroatoms. The highest BCUT2D eigenvalue weighted by molar-refractivity contribution is 5.90. The van der Waals surface area contributed by atoms with Crippen molar-refractivity contribution in [1.29, 1.82) is 0 Å². The van der Waals surface area contributed by atoms with Gasteiger partial charge in [-0.3, -0.25) is 0 Å². The first-order chi connectivity index (χ1) is 17.1. The molecule has 1 aromatic rings. The van der Waals surface area contributed by atoms with Crippen molar-refractivity contribution in [3.63, 3.8) is 0 Å². The summed E-state index contributed by atoms with van der Waals surface area (Å²) >= 11 is 0. The fourth-order valence-electron chi connectivity index (χ4n) is 2.73. The number of ether oxygens (including phenoxy) is 1. The van der Waals surface area contributed by atoms with E-state index in [-0.39, 0.29) is 29.9 Å². The lowest BCUT2D eigenvalue weighted by Crippen LogP contribution is -2.74. The number of esters is 1. The van der Waals surface area contributed by atoms with Crippen molar-refractivity contribution in [2.75, 3.05) is 6.61 Å². The van der Waals surface area contributed by atoms with Crippen LogP contribution in [-0.4, -0.2) is 54.3 Å². The molecule has 0 radical (unpaired) electrons. The third-order valence-corrected chi connectivity index (χ3v) is 5.05. The molecular formula is C20H13F17O2. The zero-order valence-electron chi connectivity index (χ0n) is 18.8. The molecule has 0 spiro atoms. The molecule has 224 valence electrons. The summed E-state index contributed by atoms with van der Waals surface area (Å²) in [5.74, 6) is -57.9. The van der Waals surface area contributed by atoms with Crippen molar-refractivity contribution in [3.05, 3.63) is 41.5 Å². The van der Waals surface area contributed by atoms with Crippen molar-refractivity contribution in [1.82, 2.24) is 0 Å². The van der Waals surface area contributed by atoms with Crippen molar-refractivity contribution in [2.45, 2.75) is 61.5 Å². The highest BCUT2D eigenvalue weighted by atomic mass is 19.4. The van der Waals surface area contributed by atoms with Gasteiger partial charge in [0.05, 0.1) is 6.61 Å². The van der Waals surface area contributed by atoms with Gasteiger partial charge in [-0.2, -0.15) is 74.6 Å². The van der Waals surface area contributed by atoms with Crippen molar-refractivity contribution >= 4 is 11.5 Å². The van der Waals surface area contributed by atoms with E-state index in [0.717, 1.165) is 13.0 Å². The number of hydrogen-bond acceptors (Lipinski definition) is 2. The van der Waals surface area contributed by atoms with Crippen LogP contribution in [0.4, 0.5) is 74.6 Å². The Morgan fingerprint density at radius 3 is 1.36 bits per heavy atom. The third kappa shape index (κ3) is 5.12. The minimum atomic E-state index is -8.68.